The summed E-state index contributed by atoms with van der Waals surface area (Å²) in [5, 5.41) is 4.50. The number of benzene rings is 2. The molecule has 1 aliphatic heterocycles. The second-order valence-electron chi connectivity index (χ2n) is 9.55. The van der Waals surface area contributed by atoms with Gasteiger partial charge in [0.2, 0.25) is 5.95 Å². The number of alkyl halides is 3. The fourth-order valence-electron chi connectivity index (χ4n) is 4.56. The third-order valence-electron chi connectivity index (χ3n) is 6.64. The molecule has 1 N–H and O–H groups in total. The average Bonchev–Trinajstić information content (AvgIpc) is 3.49. The number of imidazole rings is 1. The molecule has 3 heterocycles. The number of halogens is 3. The molecule has 1 aliphatic rings. The predicted octanol–water partition coefficient (Wildman–Crippen LogP) is 5.51. The van der Waals surface area contributed by atoms with E-state index >= 15 is 0 Å². The minimum Gasteiger partial charge on any atom is -0.322 e. The normalized spacial score (nSPS) is 13.3. The number of hydrogen-bond acceptors (Lipinski definition) is 6. The zero-order valence-electron chi connectivity index (χ0n) is 22.6. The maximum Gasteiger partial charge on any atom is 0.416 e. The van der Waals surface area contributed by atoms with Crippen molar-refractivity contribution in [1.82, 2.24) is 19.6 Å². The van der Waals surface area contributed by atoms with Gasteiger partial charge in [0.1, 0.15) is 12.1 Å². The van der Waals surface area contributed by atoms with E-state index < -0.39 is 17.6 Å². The highest BCUT2D eigenvalue weighted by molar-refractivity contribution is 6.07. The number of carbonyl (C=O) groups is 2. The van der Waals surface area contributed by atoms with E-state index in [0.29, 0.717) is 29.7 Å². The molecule has 0 bridgehead atoms. The monoisotopic (exact) mass is 564 g/mol. The molecule has 41 heavy (non-hydrogen) atoms. The highest BCUT2D eigenvalue weighted by Gasteiger charge is 2.33. The number of aryl methyl sites for hydroxylation is 1. The Hall–Kier alpha value is -4.94. The lowest BCUT2D eigenvalue weighted by Crippen LogP contribution is -2.46. The van der Waals surface area contributed by atoms with Crippen molar-refractivity contribution in [2.75, 3.05) is 33.7 Å². The van der Waals surface area contributed by atoms with Gasteiger partial charge in [0.25, 0.3) is 5.91 Å². The van der Waals surface area contributed by atoms with E-state index in [-0.39, 0.29) is 18.1 Å². The minimum absolute atomic E-state index is 0.134. The van der Waals surface area contributed by atoms with Crippen LogP contribution in [-0.2, 0) is 12.7 Å². The van der Waals surface area contributed by atoms with Gasteiger partial charge in [0, 0.05) is 49.0 Å². The van der Waals surface area contributed by atoms with E-state index in [0.717, 1.165) is 29.7 Å². The van der Waals surface area contributed by atoms with Gasteiger partial charge in [0.15, 0.2) is 0 Å². The fourth-order valence-corrected chi connectivity index (χ4v) is 4.56. The van der Waals surface area contributed by atoms with Gasteiger partial charge >= 0.3 is 12.2 Å². The first-order valence-corrected chi connectivity index (χ1v) is 12.8. The van der Waals surface area contributed by atoms with Crippen LogP contribution in [0.5, 0.6) is 0 Å². The zero-order chi connectivity index (χ0) is 29.3. The first-order valence-electron chi connectivity index (χ1n) is 12.8. The molecule has 0 saturated carbocycles. The lowest BCUT2D eigenvalue weighted by atomic mass is 10.1. The highest BCUT2D eigenvalue weighted by Crippen LogP contribution is 2.34. The second-order valence-corrected chi connectivity index (χ2v) is 9.55. The summed E-state index contributed by atoms with van der Waals surface area (Å²) in [5.41, 5.74) is 1.30. The predicted molar refractivity (Wildman–Crippen MR) is 148 cm³/mol. The molecule has 13 heteroatoms. The van der Waals surface area contributed by atoms with Crippen LogP contribution in [0.1, 0.15) is 40.4 Å². The van der Waals surface area contributed by atoms with Gasteiger partial charge in [-0.3, -0.25) is 14.6 Å². The summed E-state index contributed by atoms with van der Waals surface area (Å²) in [5.74, 6) is 0.199. The second kappa shape index (κ2) is 10.9. The van der Waals surface area contributed by atoms with E-state index in [9.17, 15) is 22.8 Å². The van der Waals surface area contributed by atoms with Crippen molar-refractivity contribution < 1.29 is 22.8 Å². The van der Waals surface area contributed by atoms with Crippen LogP contribution in [0.15, 0.2) is 67.4 Å². The van der Waals surface area contributed by atoms with Crippen molar-refractivity contribution in [1.29, 1.82) is 0 Å². The van der Waals surface area contributed by atoms with Crippen LogP contribution in [0.4, 0.5) is 41.1 Å². The molecule has 4 aromatic rings. The Bertz CT molecular complexity index is 1590. The van der Waals surface area contributed by atoms with E-state index in [4.69, 9.17) is 4.98 Å². The van der Waals surface area contributed by atoms with Gasteiger partial charge in [-0.1, -0.05) is 19.1 Å². The Kier molecular flexibility index (Phi) is 7.35. The van der Waals surface area contributed by atoms with Crippen LogP contribution >= 0.6 is 0 Å². The number of aromatic nitrogens is 4. The number of carbonyl (C=O) groups excluding carboxylic acids is 2. The maximum atomic E-state index is 13.5. The van der Waals surface area contributed by atoms with Gasteiger partial charge in [-0.05, 0) is 49.2 Å². The van der Waals surface area contributed by atoms with Crippen molar-refractivity contribution in [2.45, 2.75) is 33.0 Å². The molecule has 2 aromatic carbocycles. The van der Waals surface area contributed by atoms with Crippen LogP contribution in [0.3, 0.4) is 0 Å². The van der Waals surface area contributed by atoms with E-state index in [1.807, 2.05) is 18.9 Å². The van der Waals surface area contributed by atoms with Crippen molar-refractivity contribution in [3.8, 4) is 0 Å². The summed E-state index contributed by atoms with van der Waals surface area (Å²) in [6, 6.07) is 8.84. The van der Waals surface area contributed by atoms with Crippen LogP contribution in [-0.4, -0.2) is 45.2 Å². The smallest absolute Gasteiger partial charge is 0.322 e. The van der Waals surface area contributed by atoms with Gasteiger partial charge in [-0.25, -0.2) is 24.4 Å². The number of nitrogens with zero attached hydrogens (tertiary/aromatic N) is 7. The lowest BCUT2D eigenvalue weighted by Gasteiger charge is -2.35. The number of nitrogens with one attached hydrogen (secondary N) is 1. The SMILES string of the molecule is CCCN(c1ncc2c(n1)N(C)C(=O)N(c1cc(NC(=O)c3cccc(C(F)(F)F)c3)ccc1C)C2)n1ccnc1. The van der Waals surface area contributed by atoms with Crippen molar-refractivity contribution in [3.05, 3.63) is 89.6 Å². The molecule has 0 unspecified atom stereocenters. The number of amides is 3. The first kappa shape index (κ1) is 27.6. The van der Waals surface area contributed by atoms with E-state index in [1.54, 1.807) is 59.7 Å². The van der Waals surface area contributed by atoms with Crippen LogP contribution in [0, 0.1) is 6.92 Å². The molecule has 0 spiro atoms. The lowest BCUT2D eigenvalue weighted by molar-refractivity contribution is -0.137. The molecule has 10 nitrogen and oxygen atoms in total. The molecule has 2 aromatic heterocycles. The van der Waals surface area contributed by atoms with Crippen molar-refractivity contribution >= 4 is 35.1 Å². The van der Waals surface area contributed by atoms with Gasteiger partial charge in [-0.15, -0.1) is 0 Å². The number of urea groups is 1. The van der Waals surface area contributed by atoms with Crippen LogP contribution in [0.2, 0.25) is 0 Å². The molecule has 0 saturated heterocycles. The number of rotatable bonds is 7. The molecule has 3 amide bonds. The molecular weight excluding hydrogens is 537 g/mol. The summed E-state index contributed by atoms with van der Waals surface area (Å²) in [4.78, 5) is 42.6. The number of fused-ring (bicyclic) bond motifs is 1. The third-order valence-corrected chi connectivity index (χ3v) is 6.64. The Labute approximate surface area is 234 Å². The largest absolute Gasteiger partial charge is 0.416 e. The van der Waals surface area contributed by atoms with Crippen molar-refractivity contribution in [3.63, 3.8) is 0 Å². The summed E-state index contributed by atoms with van der Waals surface area (Å²) in [6.45, 7) is 4.68. The summed E-state index contributed by atoms with van der Waals surface area (Å²) in [6.07, 6.45) is 3.05. The van der Waals surface area contributed by atoms with Crippen LogP contribution < -0.4 is 20.1 Å². The van der Waals surface area contributed by atoms with Gasteiger partial charge in [-0.2, -0.15) is 18.2 Å². The molecule has 0 fully saturated rings. The number of anilines is 4. The third kappa shape index (κ3) is 5.55. The maximum absolute atomic E-state index is 13.5. The van der Waals surface area contributed by atoms with E-state index in [1.165, 1.54) is 17.0 Å². The summed E-state index contributed by atoms with van der Waals surface area (Å²) < 4.78 is 41.1. The standard InChI is InChI=1S/C28H27F3N8O2/c1-4-11-39(37-12-10-32-17-37)26-33-15-20-16-38(27(41)36(3)24(20)35-26)23-14-22(9-8-18(23)2)34-25(40)19-6-5-7-21(13-19)28(29,30)31/h5-10,12-15,17H,4,11,16H2,1-3H3,(H,34,40). The molecule has 0 radical (unpaired) electrons. The molecule has 5 rings (SSSR count). The fraction of sp³-hybridized carbons (Fsp3) is 0.250. The van der Waals surface area contributed by atoms with Crippen molar-refractivity contribution in [2.24, 2.45) is 0 Å². The average molecular weight is 565 g/mol. The minimum atomic E-state index is -4.57. The first-order chi connectivity index (χ1) is 19.6. The molecule has 212 valence electrons. The van der Waals surface area contributed by atoms with Gasteiger partial charge in [0.05, 0.1) is 17.8 Å². The Balaban J connectivity index is 1.41. The summed E-state index contributed by atoms with van der Waals surface area (Å²) >= 11 is 0. The van der Waals surface area contributed by atoms with Gasteiger partial charge < -0.3 is 5.32 Å². The highest BCUT2D eigenvalue weighted by atomic mass is 19.4. The Morgan fingerprint density at radius 1 is 1.17 bits per heavy atom. The molecule has 0 atom stereocenters. The molecular formula is C28H27F3N8O2. The van der Waals surface area contributed by atoms with E-state index in [2.05, 4.69) is 15.3 Å². The number of hydrogen-bond donors (Lipinski definition) is 1. The molecule has 0 aliphatic carbocycles. The Morgan fingerprint density at radius 3 is 2.68 bits per heavy atom. The topological polar surface area (TPSA) is 99.5 Å². The Morgan fingerprint density at radius 2 is 1.98 bits per heavy atom. The zero-order valence-corrected chi connectivity index (χ0v) is 22.6. The summed E-state index contributed by atoms with van der Waals surface area (Å²) in [7, 11) is 1.63. The van der Waals surface area contributed by atoms with Crippen LogP contribution in [0.25, 0.3) is 0 Å². The quantitative estimate of drug-likeness (QED) is 0.318.